The number of nitrogens with one attached hydrogen (secondary N) is 1. The zero-order chi connectivity index (χ0) is 20.9. The quantitative estimate of drug-likeness (QED) is 0.402. The molecule has 2 aromatic carbocycles. The molecule has 4 aromatic rings. The van der Waals surface area contributed by atoms with Gasteiger partial charge in [-0.05, 0) is 54.6 Å². The Bertz CT molecular complexity index is 1150. The van der Waals surface area contributed by atoms with E-state index in [9.17, 15) is 9.18 Å². The van der Waals surface area contributed by atoms with Crippen molar-refractivity contribution < 1.29 is 13.6 Å². The van der Waals surface area contributed by atoms with Crippen molar-refractivity contribution in [3.8, 4) is 11.4 Å². The Balaban J connectivity index is 1.53. The van der Waals surface area contributed by atoms with E-state index in [0.717, 1.165) is 11.3 Å². The van der Waals surface area contributed by atoms with Crippen LogP contribution in [-0.4, -0.2) is 26.4 Å². The Morgan fingerprint density at radius 2 is 1.97 bits per heavy atom. The predicted octanol–water partition coefficient (Wildman–Crippen LogP) is 5.11. The molecular weight excluding hydrogens is 427 g/mol. The number of rotatable bonds is 7. The van der Waals surface area contributed by atoms with E-state index in [0.29, 0.717) is 28.2 Å². The summed E-state index contributed by atoms with van der Waals surface area (Å²) in [6, 6.07) is 16.7. The van der Waals surface area contributed by atoms with Gasteiger partial charge in [-0.3, -0.25) is 9.36 Å². The second kappa shape index (κ2) is 9.15. The minimum Gasteiger partial charge on any atom is -0.467 e. The molecular formula is C21H16ClFN4O2S. The number of hydrogen-bond acceptors (Lipinski definition) is 5. The lowest BCUT2D eigenvalue weighted by Gasteiger charge is -2.09. The lowest BCUT2D eigenvalue weighted by Crippen LogP contribution is -2.15. The number of amides is 1. The lowest BCUT2D eigenvalue weighted by atomic mass is 10.2. The van der Waals surface area contributed by atoms with Gasteiger partial charge in [-0.15, -0.1) is 10.2 Å². The monoisotopic (exact) mass is 442 g/mol. The second-order valence-electron chi connectivity index (χ2n) is 6.33. The zero-order valence-corrected chi connectivity index (χ0v) is 17.2. The van der Waals surface area contributed by atoms with Crippen molar-refractivity contribution in [1.82, 2.24) is 14.8 Å². The molecule has 1 amide bonds. The van der Waals surface area contributed by atoms with Crippen LogP contribution in [0, 0.1) is 5.82 Å². The lowest BCUT2D eigenvalue weighted by molar-refractivity contribution is -0.113. The number of carbonyl (C=O) groups excluding carboxylic acids is 1. The van der Waals surface area contributed by atoms with Gasteiger partial charge in [0.05, 0.1) is 18.6 Å². The van der Waals surface area contributed by atoms with E-state index in [1.807, 2.05) is 22.8 Å². The average Bonchev–Trinajstić information content (AvgIpc) is 3.38. The molecule has 4 rings (SSSR count). The maximum absolute atomic E-state index is 13.3. The highest BCUT2D eigenvalue weighted by Gasteiger charge is 2.17. The van der Waals surface area contributed by atoms with Gasteiger partial charge in [-0.25, -0.2) is 4.39 Å². The molecule has 0 aliphatic carbocycles. The van der Waals surface area contributed by atoms with E-state index >= 15 is 0 Å². The summed E-state index contributed by atoms with van der Waals surface area (Å²) in [6.45, 7) is 0.409. The summed E-state index contributed by atoms with van der Waals surface area (Å²) in [4.78, 5) is 12.3. The van der Waals surface area contributed by atoms with Crippen LogP contribution in [0.2, 0.25) is 5.02 Å². The molecule has 152 valence electrons. The Labute approximate surface area is 181 Å². The molecule has 0 fully saturated rings. The van der Waals surface area contributed by atoms with E-state index in [4.69, 9.17) is 16.0 Å². The third-order valence-corrected chi connectivity index (χ3v) is 5.37. The summed E-state index contributed by atoms with van der Waals surface area (Å²) >= 11 is 7.23. The van der Waals surface area contributed by atoms with Crippen LogP contribution >= 0.6 is 23.4 Å². The molecule has 0 spiro atoms. The minimum absolute atomic E-state index is 0.0907. The number of carbonyl (C=O) groups is 1. The van der Waals surface area contributed by atoms with Crippen molar-refractivity contribution >= 4 is 35.0 Å². The number of furan rings is 1. The van der Waals surface area contributed by atoms with Crippen LogP contribution in [0.4, 0.5) is 10.1 Å². The van der Waals surface area contributed by atoms with E-state index in [1.165, 1.54) is 30.0 Å². The van der Waals surface area contributed by atoms with Gasteiger partial charge >= 0.3 is 0 Å². The van der Waals surface area contributed by atoms with E-state index in [2.05, 4.69) is 15.5 Å². The van der Waals surface area contributed by atoms with Gasteiger partial charge < -0.3 is 9.73 Å². The Morgan fingerprint density at radius 3 is 2.70 bits per heavy atom. The smallest absolute Gasteiger partial charge is 0.234 e. The largest absolute Gasteiger partial charge is 0.467 e. The number of hydrogen-bond donors (Lipinski definition) is 1. The Morgan fingerprint density at radius 1 is 1.13 bits per heavy atom. The number of thioether (sulfide) groups is 1. The first-order chi connectivity index (χ1) is 14.6. The molecule has 0 bridgehead atoms. The predicted molar refractivity (Wildman–Crippen MR) is 114 cm³/mol. The molecule has 0 aliphatic heterocycles. The third-order valence-electron chi connectivity index (χ3n) is 4.15. The Hall–Kier alpha value is -3.10. The molecule has 6 nitrogen and oxygen atoms in total. The molecule has 2 aromatic heterocycles. The van der Waals surface area contributed by atoms with Gasteiger partial charge in [-0.1, -0.05) is 29.4 Å². The fraction of sp³-hybridized carbons (Fsp3) is 0.0952. The van der Waals surface area contributed by atoms with Gasteiger partial charge in [0, 0.05) is 16.3 Å². The molecule has 0 unspecified atom stereocenters. The maximum atomic E-state index is 13.3. The number of halogens is 2. The highest BCUT2D eigenvalue weighted by Crippen LogP contribution is 2.26. The summed E-state index contributed by atoms with van der Waals surface area (Å²) in [5.74, 6) is 0.776. The van der Waals surface area contributed by atoms with Crippen LogP contribution in [0.15, 0.2) is 76.5 Å². The number of benzene rings is 2. The summed E-state index contributed by atoms with van der Waals surface area (Å²) in [5.41, 5.74) is 1.24. The SMILES string of the molecule is O=C(CSc1nnc(-c2ccc(Cl)cc2)n1Cc1ccco1)Nc1cccc(F)c1. The Kier molecular flexibility index (Phi) is 6.15. The summed E-state index contributed by atoms with van der Waals surface area (Å²) in [5, 5.41) is 12.4. The standard InChI is InChI=1S/C21H16ClFN4O2S/c22-15-8-6-14(7-9-15)20-25-26-21(27(20)12-18-5-2-10-29-18)30-13-19(28)24-17-4-1-3-16(23)11-17/h1-11H,12-13H2,(H,24,28). The zero-order valence-electron chi connectivity index (χ0n) is 15.6. The van der Waals surface area contributed by atoms with E-state index < -0.39 is 5.82 Å². The van der Waals surface area contributed by atoms with Crippen molar-refractivity contribution in [1.29, 1.82) is 0 Å². The maximum Gasteiger partial charge on any atom is 0.234 e. The summed E-state index contributed by atoms with van der Waals surface area (Å²) < 4.78 is 20.6. The van der Waals surface area contributed by atoms with E-state index in [-0.39, 0.29) is 11.7 Å². The molecule has 30 heavy (non-hydrogen) atoms. The van der Waals surface area contributed by atoms with Crippen molar-refractivity contribution in [3.63, 3.8) is 0 Å². The van der Waals surface area contributed by atoms with Crippen molar-refractivity contribution in [2.75, 3.05) is 11.1 Å². The van der Waals surface area contributed by atoms with E-state index in [1.54, 1.807) is 30.5 Å². The van der Waals surface area contributed by atoms with Crippen molar-refractivity contribution in [2.24, 2.45) is 0 Å². The van der Waals surface area contributed by atoms with Crippen molar-refractivity contribution in [2.45, 2.75) is 11.7 Å². The van der Waals surface area contributed by atoms with Gasteiger partial charge in [0.25, 0.3) is 0 Å². The first-order valence-corrected chi connectivity index (χ1v) is 10.3. The van der Waals surface area contributed by atoms with Crippen molar-refractivity contribution in [3.05, 3.63) is 83.5 Å². The number of anilines is 1. The normalized spacial score (nSPS) is 10.9. The molecule has 2 heterocycles. The topological polar surface area (TPSA) is 73.0 Å². The van der Waals surface area contributed by atoms with Crippen LogP contribution in [0.1, 0.15) is 5.76 Å². The fourth-order valence-corrected chi connectivity index (χ4v) is 3.67. The van der Waals surface area contributed by atoms with Crippen LogP contribution in [0.5, 0.6) is 0 Å². The molecule has 0 aliphatic rings. The first-order valence-electron chi connectivity index (χ1n) is 8.98. The van der Waals surface area contributed by atoms with Crippen LogP contribution in [-0.2, 0) is 11.3 Å². The highest BCUT2D eigenvalue weighted by atomic mass is 35.5. The first kappa shape index (κ1) is 20.2. The summed E-state index contributed by atoms with van der Waals surface area (Å²) in [6.07, 6.45) is 1.60. The second-order valence-corrected chi connectivity index (χ2v) is 7.70. The summed E-state index contributed by atoms with van der Waals surface area (Å²) in [7, 11) is 0. The van der Waals surface area contributed by atoms with Crippen LogP contribution < -0.4 is 5.32 Å². The molecule has 9 heteroatoms. The van der Waals surface area contributed by atoms with Gasteiger partial charge in [0.1, 0.15) is 11.6 Å². The molecule has 0 atom stereocenters. The van der Waals surface area contributed by atoms with Crippen LogP contribution in [0.25, 0.3) is 11.4 Å². The molecule has 0 saturated carbocycles. The third kappa shape index (κ3) is 4.90. The van der Waals surface area contributed by atoms with Gasteiger partial charge in [-0.2, -0.15) is 0 Å². The van der Waals surface area contributed by atoms with Crippen LogP contribution in [0.3, 0.4) is 0 Å². The number of aromatic nitrogens is 3. The van der Waals surface area contributed by atoms with Gasteiger partial charge in [0.15, 0.2) is 11.0 Å². The highest BCUT2D eigenvalue weighted by molar-refractivity contribution is 7.99. The average molecular weight is 443 g/mol. The number of nitrogens with zero attached hydrogens (tertiary/aromatic N) is 3. The molecule has 0 saturated heterocycles. The van der Waals surface area contributed by atoms with Gasteiger partial charge in [0.2, 0.25) is 5.91 Å². The molecule has 1 N–H and O–H groups in total. The minimum atomic E-state index is -0.411. The molecule has 0 radical (unpaired) electrons. The fourth-order valence-electron chi connectivity index (χ4n) is 2.80.